The number of aryl methyl sites for hydroxylation is 2. The highest BCUT2D eigenvalue weighted by Gasteiger charge is 2.28. The molecule has 7 heteroatoms. The Balaban J connectivity index is 1.80. The normalized spacial score (nSPS) is 16.9. The van der Waals surface area contributed by atoms with Crippen molar-refractivity contribution in [1.82, 2.24) is 14.5 Å². The summed E-state index contributed by atoms with van der Waals surface area (Å²) < 4.78 is 27.5. The molecular formula is C23H31N3O3S. The van der Waals surface area contributed by atoms with Gasteiger partial charge in [0.15, 0.2) is 0 Å². The average molecular weight is 430 g/mol. The third-order valence-corrected chi connectivity index (χ3v) is 7.61. The molecule has 1 N–H and O–H groups in total. The third-order valence-electron chi connectivity index (χ3n) is 5.71. The predicted octanol–water partition coefficient (Wildman–Crippen LogP) is 3.12. The minimum Gasteiger partial charge on any atom is -0.345 e. The van der Waals surface area contributed by atoms with Crippen LogP contribution in [0, 0.1) is 13.8 Å². The second kappa shape index (κ2) is 9.29. The van der Waals surface area contributed by atoms with Crippen LogP contribution in [0.5, 0.6) is 0 Å². The number of benzene rings is 2. The first-order chi connectivity index (χ1) is 14.2. The summed E-state index contributed by atoms with van der Waals surface area (Å²) in [7, 11) is -1.63. The van der Waals surface area contributed by atoms with Gasteiger partial charge in [0.1, 0.15) is 0 Å². The number of sulfonamides is 1. The lowest BCUT2D eigenvalue weighted by atomic mass is 9.97. The first kappa shape index (κ1) is 22.5. The van der Waals surface area contributed by atoms with Gasteiger partial charge < -0.3 is 10.2 Å². The summed E-state index contributed by atoms with van der Waals surface area (Å²) in [5.74, 6) is -0.266. The van der Waals surface area contributed by atoms with Crippen molar-refractivity contribution >= 4 is 15.9 Å². The Morgan fingerprint density at radius 2 is 1.77 bits per heavy atom. The maximum atomic E-state index is 13.0. The molecule has 2 aromatic carbocycles. The Morgan fingerprint density at radius 3 is 2.40 bits per heavy atom. The van der Waals surface area contributed by atoms with Gasteiger partial charge in [0.25, 0.3) is 5.91 Å². The smallest absolute Gasteiger partial charge is 0.251 e. The van der Waals surface area contributed by atoms with Crippen molar-refractivity contribution in [2.75, 3.05) is 33.2 Å². The molecule has 0 saturated carbocycles. The molecule has 1 amide bonds. The maximum absolute atomic E-state index is 13.0. The number of nitrogens with one attached hydrogen (secondary N) is 1. The van der Waals surface area contributed by atoms with E-state index < -0.39 is 10.0 Å². The number of rotatable bonds is 6. The molecule has 1 atom stereocenters. The van der Waals surface area contributed by atoms with Gasteiger partial charge in [-0.15, -0.1) is 0 Å². The largest absolute Gasteiger partial charge is 0.345 e. The number of piperazine rings is 1. The molecule has 0 bridgehead atoms. The van der Waals surface area contributed by atoms with Crippen molar-refractivity contribution in [3.63, 3.8) is 0 Å². The van der Waals surface area contributed by atoms with Gasteiger partial charge >= 0.3 is 0 Å². The van der Waals surface area contributed by atoms with Crippen molar-refractivity contribution in [2.45, 2.75) is 38.1 Å². The molecule has 6 nitrogen and oxygen atoms in total. The summed E-state index contributed by atoms with van der Waals surface area (Å²) in [6.45, 7) is 8.43. The fourth-order valence-electron chi connectivity index (χ4n) is 3.83. The topological polar surface area (TPSA) is 69.7 Å². The molecule has 30 heavy (non-hydrogen) atoms. The summed E-state index contributed by atoms with van der Waals surface area (Å²) in [6, 6.07) is 12.4. The van der Waals surface area contributed by atoms with Crippen LogP contribution in [0.1, 0.15) is 46.4 Å². The van der Waals surface area contributed by atoms with E-state index in [2.05, 4.69) is 16.3 Å². The van der Waals surface area contributed by atoms with Crippen LogP contribution in [0.2, 0.25) is 0 Å². The number of likely N-dealkylation sites (N-methyl/N-ethyl adjacent to an activating group) is 1. The molecule has 1 saturated heterocycles. The first-order valence-electron chi connectivity index (χ1n) is 10.4. The Bertz CT molecular complexity index is 1010. The lowest BCUT2D eigenvalue weighted by Gasteiger charge is -2.31. The summed E-state index contributed by atoms with van der Waals surface area (Å²) in [5.41, 5.74) is 3.75. The highest BCUT2D eigenvalue weighted by Crippen LogP contribution is 2.23. The van der Waals surface area contributed by atoms with Gasteiger partial charge in [0, 0.05) is 31.7 Å². The lowest BCUT2D eigenvalue weighted by molar-refractivity contribution is 0.0935. The van der Waals surface area contributed by atoms with Crippen LogP contribution in [0.3, 0.4) is 0 Å². The van der Waals surface area contributed by atoms with Gasteiger partial charge in [-0.3, -0.25) is 4.79 Å². The Morgan fingerprint density at radius 1 is 1.07 bits per heavy atom. The molecule has 0 aliphatic carbocycles. The van der Waals surface area contributed by atoms with Crippen LogP contribution < -0.4 is 5.32 Å². The van der Waals surface area contributed by atoms with E-state index in [0.29, 0.717) is 31.7 Å². The zero-order chi connectivity index (χ0) is 21.9. The fraction of sp³-hybridized carbons (Fsp3) is 0.435. The van der Waals surface area contributed by atoms with Crippen molar-refractivity contribution in [3.05, 3.63) is 64.7 Å². The molecule has 1 heterocycles. The molecule has 1 aliphatic rings. The molecule has 162 valence electrons. The summed E-state index contributed by atoms with van der Waals surface area (Å²) in [5, 5.41) is 3.07. The SMILES string of the molecule is CC[C@H](NC(=O)c1cccc(S(=O)(=O)N2CCN(C)CC2)c1)c1ccc(C)cc1C. The Labute approximate surface area is 179 Å². The van der Waals surface area contributed by atoms with E-state index in [0.717, 1.165) is 17.5 Å². The van der Waals surface area contributed by atoms with Crippen LogP contribution in [-0.4, -0.2) is 56.8 Å². The van der Waals surface area contributed by atoms with Crippen LogP contribution in [0.25, 0.3) is 0 Å². The monoisotopic (exact) mass is 429 g/mol. The number of carbonyl (C=O) groups is 1. The molecule has 0 radical (unpaired) electrons. The van der Waals surface area contributed by atoms with Gasteiger partial charge in [-0.05, 0) is 56.6 Å². The molecule has 0 unspecified atom stereocenters. The van der Waals surface area contributed by atoms with Gasteiger partial charge in [-0.1, -0.05) is 36.8 Å². The number of nitrogens with zero attached hydrogens (tertiary/aromatic N) is 2. The highest BCUT2D eigenvalue weighted by molar-refractivity contribution is 7.89. The average Bonchev–Trinajstić information content (AvgIpc) is 2.72. The van der Waals surface area contributed by atoms with E-state index in [9.17, 15) is 13.2 Å². The van der Waals surface area contributed by atoms with Crippen molar-refractivity contribution in [3.8, 4) is 0 Å². The molecule has 1 fully saturated rings. The van der Waals surface area contributed by atoms with Gasteiger partial charge in [-0.25, -0.2) is 8.42 Å². The predicted molar refractivity (Wildman–Crippen MR) is 119 cm³/mol. The number of amides is 1. The number of carbonyl (C=O) groups excluding carboxylic acids is 1. The van der Waals surface area contributed by atoms with Gasteiger partial charge in [-0.2, -0.15) is 4.31 Å². The van der Waals surface area contributed by atoms with E-state index in [-0.39, 0.29) is 16.8 Å². The second-order valence-electron chi connectivity index (χ2n) is 8.03. The van der Waals surface area contributed by atoms with E-state index >= 15 is 0 Å². The summed E-state index contributed by atoms with van der Waals surface area (Å²) >= 11 is 0. The molecule has 0 aromatic heterocycles. The minimum absolute atomic E-state index is 0.129. The maximum Gasteiger partial charge on any atom is 0.251 e. The fourth-order valence-corrected chi connectivity index (χ4v) is 5.30. The van der Waals surface area contributed by atoms with Crippen molar-refractivity contribution in [1.29, 1.82) is 0 Å². The number of hydrogen-bond donors (Lipinski definition) is 1. The van der Waals surface area contributed by atoms with Gasteiger partial charge in [0.2, 0.25) is 10.0 Å². The van der Waals surface area contributed by atoms with Crippen LogP contribution in [0.4, 0.5) is 0 Å². The van der Waals surface area contributed by atoms with Crippen LogP contribution in [0.15, 0.2) is 47.4 Å². The quantitative estimate of drug-likeness (QED) is 0.766. The Hall–Kier alpha value is -2.22. The van der Waals surface area contributed by atoms with Gasteiger partial charge in [0.05, 0.1) is 10.9 Å². The number of hydrogen-bond acceptors (Lipinski definition) is 4. The first-order valence-corrected chi connectivity index (χ1v) is 11.8. The molecular weight excluding hydrogens is 398 g/mol. The zero-order valence-electron chi connectivity index (χ0n) is 18.2. The van der Waals surface area contributed by atoms with E-state index in [1.807, 2.05) is 40.0 Å². The third kappa shape index (κ3) is 4.91. The van der Waals surface area contributed by atoms with Crippen molar-refractivity contribution < 1.29 is 13.2 Å². The second-order valence-corrected chi connectivity index (χ2v) is 9.97. The van der Waals surface area contributed by atoms with E-state index in [4.69, 9.17) is 0 Å². The summed E-state index contributed by atoms with van der Waals surface area (Å²) in [6.07, 6.45) is 0.745. The molecule has 0 spiro atoms. The van der Waals surface area contributed by atoms with Crippen LogP contribution in [-0.2, 0) is 10.0 Å². The molecule has 1 aliphatic heterocycles. The van der Waals surface area contributed by atoms with Crippen molar-refractivity contribution in [2.24, 2.45) is 0 Å². The van der Waals surface area contributed by atoms with E-state index in [1.165, 1.54) is 15.9 Å². The summed E-state index contributed by atoms with van der Waals surface area (Å²) in [4.78, 5) is 15.2. The van der Waals surface area contributed by atoms with Crippen LogP contribution >= 0.6 is 0 Å². The molecule has 2 aromatic rings. The Kier molecular flexibility index (Phi) is 6.95. The molecule has 3 rings (SSSR count). The standard InChI is InChI=1S/C23H31N3O3S/c1-5-22(21-10-9-17(2)15-18(21)3)24-23(27)19-7-6-8-20(16-19)30(28,29)26-13-11-25(4)12-14-26/h6-10,15-16,22H,5,11-14H2,1-4H3,(H,24,27)/t22-/m0/s1. The van der Waals surface area contributed by atoms with E-state index in [1.54, 1.807) is 18.2 Å². The minimum atomic E-state index is -3.61. The highest BCUT2D eigenvalue weighted by atomic mass is 32.2. The zero-order valence-corrected chi connectivity index (χ0v) is 19.0. The lowest BCUT2D eigenvalue weighted by Crippen LogP contribution is -2.47.